The first-order valence-electron chi connectivity index (χ1n) is 5.59. The summed E-state index contributed by atoms with van der Waals surface area (Å²) in [5.74, 6) is 0.185. The second kappa shape index (κ2) is 6.57. The molecule has 0 saturated carbocycles. The molecule has 18 heavy (non-hydrogen) atoms. The molecule has 0 heterocycles. The molecule has 0 unspecified atom stereocenters. The minimum atomic E-state index is -0.550. The number of rotatable bonds is 6. The van der Waals surface area contributed by atoms with Gasteiger partial charge in [-0.3, -0.25) is 10.1 Å². The lowest BCUT2D eigenvalue weighted by Gasteiger charge is -2.09. The predicted octanol–water partition coefficient (Wildman–Crippen LogP) is 1.84. The molecule has 0 fully saturated rings. The Morgan fingerprint density at radius 1 is 1.56 bits per heavy atom. The second-order valence-corrected chi connectivity index (χ2v) is 4.01. The van der Waals surface area contributed by atoms with Crippen molar-refractivity contribution in [2.45, 2.75) is 19.9 Å². The van der Waals surface area contributed by atoms with E-state index in [-0.39, 0.29) is 17.0 Å². The van der Waals surface area contributed by atoms with E-state index in [1.165, 1.54) is 18.2 Å². The summed E-state index contributed by atoms with van der Waals surface area (Å²) in [5.41, 5.74) is 0.0629. The highest BCUT2D eigenvalue weighted by Gasteiger charge is 2.15. The number of nitrogens with one attached hydrogen (secondary N) is 1. The van der Waals surface area contributed by atoms with Gasteiger partial charge in [-0.05, 0) is 12.1 Å². The monoisotopic (exact) mass is 249 g/mol. The van der Waals surface area contributed by atoms with Crippen molar-refractivity contribution in [2.75, 3.05) is 13.2 Å². The number of hydrogen-bond donors (Lipinski definition) is 1. The molecule has 6 heteroatoms. The lowest BCUT2D eigenvalue weighted by molar-refractivity contribution is -0.385. The molecule has 6 nitrogen and oxygen atoms in total. The van der Waals surface area contributed by atoms with E-state index in [2.05, 4.69) is 5.32 Å². The van der Waals surface area contributed by atoms with Gasteiger partial charge in [-0.2, -0.15) is 5.26 Å². The Labute approximate surface area is 105 Å². The van der Waals surface area contributed by atoms with Gasteiger partial charge in [-0.15, -0.1) is 0 Å². The van der Waals surface area contributed by atoms with Crippen LogP contribution in [0.3, 0.4) is 0 Å². The van der Waals surface area contributed by atoms with Crippen LogP contribution in [0.15, 0.2) is 18.2 Å². The number of nitro benzene ring substituents is 1. The number of nitro groups is 1. The van der Waals surface area contributed by atoms with Gasteiger partial charge in [0.25, 0.3) is 0 Å². The normalized spacial score (nSPS) is 10.1. The Hall–Kier alpha value is -2.13. The van der Waals surface area contributed by atoms with E-state index in [1.807, 2.05) is 19.9 Å². The van der Waals surface area contributed by atoms with Crippen molar-refractivity contribution in [3.05, 3.63) is 33.9 Å². The first-order chi connectivity index (χ1) is 8.54. The van der Waals surface area contributed by atoms with Gasteiger partial charge in [0.2, 0.25) is 0 Å². The maximum Gasteiger partial charge on any atom is 0.312 e. The van der Waals surface area contributed by atoms with E-state index >= 15 is 0 Å². The zero-order chi connectivity index (χ0) is 13.5. The molecule has 0 aliphatic carbocycles. The number of nitrogens with zero attached hydrogens (tertiary/aromatic N) is 2. The molecule has 1 N–H and O–H groups in total. The average Bonchev–Trinajstić information content (AvgIpc) is 2.34. The summed E-state index contributed by atoms with van der Waals surface area (Å²) in [6, 6.07) is 6.36. The highest BCUT2D eigenvalue weighted by Crippen LogP contribution is 2.27. The third-order valence-corrected chi connectivity index (χ3v) is 2.20. The van der Waals surface area contributed by atoms with Gasteiger partial charge >= 0.3 is 5.69 Å². The lowest BCUT2D eigenvalue weighted by atomic mass is 10.2. The highest BCUT2D eigenvalue weighted by atomic mass is 16.6. The number of hydrogen-bond acceptors (Lipinski definition) is 5. The summed E-state index contributed by atoms with van der Waals surface area (Å²) in [6.45, 7) is 4.95. The molecule has 0 atom stereocenters. The Morgan fingerprint density at radius 3 is 2.83 bits per heavy atom. The quantitative estimate of drug-likeness (QED) is 0.472. The van der Waals surface area contributed by atoms with Crippen molar-refractivity contribution < 1.29 is 9.66 Å². The highest BCUT2D eigenvalue weighted by molar-refractivity contribution is 5.51. The molecule has 1 aromatic rings. The van der Waals surface area contributed by atoms with Gasteiger partial charge in [0.1, 0.15) is 6.61 Å². The van der Waals surface area contributed by atoms with Crippen molar-refractivity contribution in [3.63, 3.8) is 0 Å². The molecule has 1 aromatic carbocycles. The molecule has 0 radical (unpaired) electrons. The van der Waals surface area contributed by atoms with Gasteiger partial charge in [0, 0.05) is 18.7 Å². The third kappa shape index (κ3) is 4.03. The minimum Gasteiger partial charge on any atom is -0.485 e. The fourth-order valence-corrected chi connectivity index (χ4v) is 1.36. The molecular formula is C12H15N3O3. The van der Waals surface area contributed by atoms with Crippen LogP contribution in [-0.2, 0) is 0 Å². The maximum absolute atomic E-state index is 10.8. The van der Waals surface area contributed by atoms with Crippen LogP contribution in [0.25, 0.3) is 0 Å². The Kier molecular flexibility index (Phi) is 5.08. The summed E-state index contributed by atoms with van der Waals surface area (Å²) < 4.78 is 5.33. The van der Waals surface area contributed by atoms with Crippen LogP contribution in [0, 0.1) is 21.4 Å². The van der Waals surface area contributed by atoms with Gasteiger partial charge in [0.05, 0.1) is 16.6 Å². The zero-order valence-electron chi connectivity index (χ0n) is 10.3. The SMILES string of the molecule is CC(C)NCCOc1ccc(C#N)cc1[N+](=O)[O-]. The molecule has 1 rings (SSSR count). The molecule has 0 bridgehead atoms. The van der Waals surface area contributed by atoms with Crippen LogP contribution in [-0.4, -0.2) is 24.1 Å². The third-order valence-electron chi connectivity index (χ3n) is 2.20. The predicted molar refractivity (Wildman–Crippen MR) is 66.4 cm³/mol. The molecule has 96 valence electrons. The van der Waals surface area contributed by atoms with Crippen LogP contribution < -0.4 is 10.1 Å². The fourth-order valence-electron chi connectivity index (χ4n) is 1.36. The topological polar surface area (TPSA) is 88.2 Å². The molecule has 0 aliphatic heterocycles. The van der Waals surface area contributed by atoms with Gasteiger partial charge in [0.15, 0.2) is 5.75 Å². The molecule has 0 aliphatic rings. The summed E-state index contributed by atoms with van der Waals surface area (Å²) in [4.78, 5) is 10.3. The van der Waals surface area contributed by atoms with Crippen LogP contribution in [0.4, 0.5) is 5.69 Å². The maximum atomic E-state index is 10.8. The van der Waals surface area contributed by atoms with Crippen LogP contribution >= 0.6 is 0 Å². The lowest BCUT2D eigenvalue weighted by Crippen LogP contribution is -2.27. The minimum absolute atomic E-state index is 0.182. The summed E-state index contributed by atoms with van der Waals surface area (Å²) in [5, 5.41) is 22.7. The van der Waals surface area contributed by atoms with Crippen molar-refractivity contribution in [1.29, 1.82) is 5.26 Å². The first-order valence-corrected chi connectivity index (χ1v) is 5.59. The van der Waals surface area contributed by atoms with Crippen molar-refractivity contribution in [3.8, 4) is 11.8 Å². The molecule has 0 spiro atoms. The Bertz CT molecular complexity index is 466. The molecular weight excluding hydrogens is 234 g/mol. The van der Waals surface area contributed by atoms with E-state index in [1.54, 1.807) is 0 Å². The van der Waals surface area contributed by atoms with Gasteiger partial charge in [-0.25, -0.2) is 0 Å². The van der Waals surface area contributed by atoms with Crippen LogP contribution in [0.1, 0.15) is 19.4 Å². The van der Waals surface area contributed by atoms with Gasteiger partial charge < -0.3 is 10.1 Å². The summed E-state index contributed by atoms with van der Waals surface area (Å²) in [7, 11) is 0. The average molecular weight is 249 g/mol. The molecule has 0 saturated heterocycles. The van der Waals surface area contributed by atoms with Crippen molar-refractivity contribution in [1.82, 2.24) is 5.32 Å². The fraction of sp³-hybridized carbons (Fsp3) is 0.417. The number of benzene rings is 1. The van der Waals surface area contributed by atoms with E-state index in [9.17, 15) is 10.1 Å². The van der Waals surface area contributed by atoms with Crippen molar-refractivity contribution >= 4 is 5.69 Å². The number of nitriles is 1. The van der Waals surface area contributed by atoms with Crippen LogP contribution in [0.5, 0.6) is 5.75 Å². The van der Waals surface area contributed by atoms with Gasteiger partial charge in [-0.1, -0.05) is 13.8 Å². The van der Waals surface area contributed by atoms with Crippen LogP contribution in [0.2, 0.25) is 0 Å². The van der Waals surface area contributed by atoms with E-state index in [0.29, 0.717) is 19.2 Å². The van der Waals surface area contributed by atoms with E-state index < -0.39 is 4.92 Å². The zero-order valence-corrected chi connectivity index (χ0v) is 10.3. The van der Waals surface area contributed by atoms with E-state index in [4.69, 9.17) is 10.00 Å². The molecule has 0 aromatic heterocycles. The largest absolute Gasteiger partial charge is 0.485 e. The first kappa shape index (κ1) is 13.9. The summed E-state index contributed by atoms with van der Waals surface area (Å²) in [6.07, 6.45) is 0. The molecule has 0 amide bonds. The van der Waals surface area contributed by atoms with E-state index in [0.717, 1.165) is 0 Å². The number of ether oxygens (including phenoxy) is 1. The summed E-state index contributed by atoms with van der Waals surface area (Å²) >= 11 is 0. The Morgan fingerprint density at radius 2 is 2.28 bits per heavy atom. The van der Waals surface area contributed by atoms with Crippen molar-refractivity contribution in [2.24, 2.45) is 0 Å². The smallest absolute Gasteiger partial charge is 0.312 e. The standard InChI is InChI=1S/C12H15N3O3/c1-9(2)14-5-6-18-12-4-3-10(8-13)7-11(12)15(16)17/h3-4,7,9,14H,5-6H2,1-2H3. The second-order valence-electron chi connectivity index (χ2n) is 4.01. The Balaban J connectivity index is 2.70.